The number of rotatable bonds is 5. The van der Waals surface area contributed by atoms with E-state index in [-0.39, 0.29) is 5.82 Å². The maximum absolute atomic E-state index is 13.3. The molecule has 3 aromatic rings. The summed E-state index contributed by atoms with van der Waals surface area (Å²) in [5, 5.41) is 2.64. The lowest BCUT2D eigenvalue weighted by molar-refractivity contribution is 0.196. The number of piperazine rings is 1. The van der Waals surface area contributed by atoms with Gasteiger partial charge in [0.1, 0.15) is 15.7 Å². The summed E-state index contributed by atoms with van der Waals surface area (Å²) in [5.74, 6) is -0.290. The third-order valence-electron chi connectivity index (χ3n) is 5.75. The van der Waals surface area contributed by atoms with Gasteiger partial charge in [-0.2, -0.15) is 4.31 Å². The fourth-order valence-electron chi connectivity index (χ4n) is 3.71. The zero-order valence-electron chi connectivity index (χ0n) is 17.3. The number of benzene rings is 1. The lowest BCUT2D eigenvalue weighted by Crippen LogP contribution is -2.48. The van der Waals surface area contributed by atoms with Crippen molar-refractivity contribution in [3.05, 3.63) is 47.2 Å². The molecule has 30 heavy (non-hydrogen) atoms. The largest absolute Gasteiger partial charge is 0.345 e. The molecule has 1 aliphatic heterocycles. The second-order valence-electron chi connectivity index (χ2n) is 7.42. The van der Waals surface area contributed by atoms with Crippen molar-refractivity contribution in [2.75, 3.05) is 32.7 Å². The summed E-state index contributed by atoms with van der Waals surface area (Å²) in [5.41, 5.74) is 3.03. The van der Waals surface area contributed by atoms with E-state index in [1.807, 2.05) is 23.9 Å². The number of nitrogens with zero attached hydrogens (tertiary/aromatic N) is 4. The molecule has 0 aliphatic carbocycles. The Kier molecular flexibility index (Phi) is 5.80. The summed E-state index contributed by atoms with van der Waals surface area (Å²) >= 11 is 1.45. The smallest absolute Gasteiger partial charge is 0.244 e. The van der Waals surface area contributed by atoms with Crippen molar-refractivity contribution in [2.45, 2.75) is 18.7 Å². The molecule has 3 heterocycles. The van der Waals surface area contributed by atoms with Crippen LogP contribution >= 0.6 is 11.3 Å². The van der Waals surface area contributed by atoms with E-state index < -0.39 is 10.0 Å². The molecule has 0 amide bonds. The van der Waals surface area contributed by atoms with Crippen molar-refractivity contribution >= 4 is 21.4 Å². The maximum Gasteiger partial charge on any atom is 0.244 e. The number of thiazole rings is 1. The third kappa shape index (κ3) is 3.82. The van der Waals surface area contributed by atoms with Gasteiger partial charge in [0, 0.05) is 49.9 Å². The predicted molar refractivity (Wildman–Crippen MR) is 118 cm³/mol. The van der Waals surface area contributed by atoms with E-state index in [2.05, 4.69) is 16.8 Å². The fraction of sp³-hybridized carbons (Fsp3) is 0.381. The Labute approximate surface area is 180 Å². The molecule has 0 unspecified atom stereocenters. The summed E-state index contributed by atoms with van der Waals surface area (Å²) in [4.78, 5) is 7.26. The van der Waals surface area contributed by atoms with Crippen LogP contribution in [0.5, 0.6) is 0 Å². The Morgan fingerprint density at radius 2 is 1.80 bits per heavy atom. The maximum atomic E-state index is 13.3. The second-order valence-corrected chi connectivity index (χ2v) is 10.2. The molecule has 0 radical (unpaired) electrons. The van der Waals surface area contributed by atoms with Gasteiger partial charge < -0.3 is 9.47 Å². The van der Waals surface area contributed by atoms with Gasteiger partial charge in [0.25, 0.3) is 0 Å². The van der Waals surface area contributed by atoms with Gasteiger partial charge in [-0.05, 0) is 43.8 Å². The van der Waals surface area contributed by atoms with Gasteiger partial charge >= 0.3 is 0 Å². The highest BCUT2D eigenvalue weighted by Gasteiger charge is 2.31. The molecule has 1 saturated heterocycles. The van der Waals surface area contributed by atoms with Gasteiger partial charge in [-0.15, -0.1) is 11.3 Å². The number of likely N-dealkylation sites (N-methyl/N-ethyl adjacent to an activating group) is 1. The zero-order valence-corrected chi connectivity index (χ0v) is 18.9. The van der Waals surface area contributed by atoms with Crippen molar-refractivity contribution in [2.24, 2.45) is 7.05 Å². The zero-order chi connectivity index (χ0) is 21.5. The Hall–Kier alpha value is -2.07. The minimum atomic E-state index is -3.56. The minimum Gasteiger partial charge on any atom is -0.345 e. The molecule has 1 aromatic carbocycles. The number of hydrogen-bond donors (Lipinski definition) is 0. The quantitative estimate of drug-likeness (QED) is 0.599. The predicted octanol–water partition coefficient (Wildman–Crippen LogP) is 3.59. The van der Waals surface area contributed by atoms with Crippen molar-refractivity contribution < 1.29 is 12.8 Å². The van der Waals surface area contributed by atoms with Gasteiger partial charge in [0.15, 0.2) is 0 Å². The molecule has 1 aliphatic rings. The topological polar surface area (TPSA) is 58.4 Å². The van der Waals surface area contributed by atoms with Gasteiger partial charge in [0.05, 0.1) is 11.4 Å². The highest BCUT2D eigenvalue weighted by atomic mass is 32.2. The summed E-state index contributed by atoms with van der Waals surface area (Å²) < 4.78 is 43.3. The van der Waals surface area contributed by atoms with Crippen molar-refractivity contribution in [3.8, 4) is 22.0 Å². The first kappa shape index (κ1) is 21.2. The molecule has 0 N–H and O–H groups in total. The van der Waals surface area contributed by atoms with Crippen LogP contribution < -0.4 is 0 Å². The molecular weight excluding hydrogens is 423 g/mol. The molecule has 4 rings (SSSR count). The summed E-state index contributed by atoms with van der Waals surface area (Å²) in [6.45, 7) is 7.36. The van der Waals surface area contributed by atoms with Crippen LogP contribution in [0.25, 0.3) is 22.0 Å². The molecule has 0 atom stereocenters. The molecule has 1 fully saturated rings. The normalized spacial score (nSPS) is 16.3. The monoisotopic (exact) mass is 448 g/mol. The lowest BCUT2D eigenvalue weighted by Gasteiger charge is -2.33. The minimum absolute atomic E-state index is 0.290. The summed E-state index contributed by atoms with van der Waals surface area (Å²) in [6, 6.07) is 7.92. The average Bonchev–Trinajstić information content (AvgIpc) is 3.34. The number of halogens is 1. The first-order valence-corrected chi connectivity index (χ1v) is 12.2. The number of aromatic nitrogens is 2. The lowest BCUT2D eigenvalue weighted by atomic mass is 10.2. The van der Waals surface area contributed by atoms with Crippen molar-refractivity contribution in [3.63, 3.8) is 0 Å². The van der Waals surface area contributed by atoms with E-state index in [1.165, 1.54) is 23.5 Å². The second kappa shape index (κ2) is 8.22. The van der Waals surface area contributed by atoms with Gasteiger partial charge in [0.2, 0.25) is 10.0 Å². The summed E-state index contributed by atoms with van der Waals surface area (Å²) in [7, 11) is -1.70. The van der Waals surface area contributed by atoms with E-state index >= 15 is 0 Å². The molecule has 6 nitrogen and oxygen atoms in total. The fourth-order valence-corrected chi connectivity index (χ4v) is 6.28. The molecular formula is C21H25FN4O2S2. The van der Waals surface area contributed by atoms with Crippen LogP contribution in [-0.4, -0.2) is 59.9 Å². The Morgan fingerprint density at radius 3 is 2.43 bits per heavy atom. The van der Waals surface area contributed by atoms with Crippen LogP contribution in [0.3, 0.4) is 0 Å². The molecule has 160 valence electrons. The van der Waals surface area contributed by atoms with E-state index in [0.29, 0.717) is 23.7 Å². The Balaban J connectivity index is 1.65. The molecule has 2 aromatic heterocycles. The molecule has 0 spiro atoms. The van der Waals surface area contributed by atoms with E-state index in [4.69, 9.17) is 0 Å². The highest BCUT2D eigenvalue weighted by molar-refractivity contribution is 7.89. The molecule has 9 heteroatoms. The summed E-state index contributed by atoms with van der Waals surface area (Å²) in [6.07, 6.45) is 0. The van der Waals surface area contributed by atoms with E-state index in [9.17, 15) is 12.8 Å². The average molecular weight is 449 g/mol. The Bertz CT molecular complexity index is 1140. The van der Waals surface area contributed by atoms with Gasteiger partial charge in [-0.25, -0.2) is 17.8 Å². The standard InChI is InChI=1S/C21H25FN4O2S2/c1-4-25-9-11-26(12-10-25)30(27,28)20-13-19(24(3)15(20)2)21-23-18(14-29-21)16-5-7-17(22)8-6-16/h5-8,13-14H,4,9-12H2,1-3H3. The first-order chi connectivity index (χ1) is 14.3. The van der Waals surface area contributed by atoms with Gasteiger partial charge in [-0.3, -0.25) is 0 Å². The van der Waals surface area contributed by atoms with Crippen LogP contribution in [0.4, 0.5) is 4.39 Å². The van der Waals surface area contributed by atoms with Crippen LogP contribution in [0.1, 0.15) is 12.6 Å². The number of hydrogen-bond acceptors (Lipinski definition) is 5. The van der Waals surface area contributed by atoms with Crippen molar-refractivity contribution in [1.82, 2.24) is 18.8 Å². The molecule has 0 bridgehead atoms. The van der Waals surface area contributed by atoms with Crippen LogP contribution in [0, 0.1) is 12.7 Å². The van der Waals surface area contributed by atoms with E-state index in [0.717, 1.165) is 41.6 Å². The first-order valence-electron chi connectivity index (χ1n) is 9.92. The third-order valence-corrected chi connectivity index (χ3v) is 8.63. The van der Waals surface area contributed by atoms with Crippen LogP contribution in [0.15, 0.2) is 40.6 Å². The highest BCUT2D eigenvalue weighted by Crippen LogP contribution is 2.33. The molecule has 0 saturated carbocycles. The van der Waals surface area contributed by atoms with Crippen molar-refractivity contribution in [1.29, 1.82) is 0 Å². The van der Waals surface area contributed by atoms with Gasteiger partial charge in [-0.1, -0.05) is 6.92 Å². The van der Waals surface area contributed by atoms with Crippen LogP contribution in [-0.2, 0) is 17.1 Å². The Morgan fingerprint density at radius 1 is 1.13 bits per heavy atom. The SMILES string of the molecule is CCN1CCN(S(=O)(=O)c2cc(-c3nc(-c4ccc(F)cc4)cs3)n(C)c2C)CC1. The number of sulfonamides is 1. The van der Waals surface area contributed by atoms with Crippen LogP contribution in [0.2, 0.25) is 0 Å². The van der Waals surface area contributed by atoms with E-state index in [1.54, 1.807) is 22.5 Å².